The van der Waals surface area contributed by atoms with Crippen LogP contribution in [-0.2, 0) is 0 Å². The van der Waals surface area contributed by atoms with Gasteiger partial charge >= 0.3 is 0 Å². The van der Waals surface area contributed by atoms with Crippen molar-refractivity contribution in [3.8, 4) is 0 Å². The molecule has 0 amide bonds. The first-order chi connectivity index (χ1) is 9.13. The molecule has 0 spiro atoms. The third-order valence-corrected chi connectivity index (χ3v) is 4.12. The highest BCUT2D eigenvalue weighted by atomic mass is 35.5. The van der Waals surface area contributed by atoms with Crippen LogP contribution in [0.3, 0.4) is 0 Å². The fourth-order valence-electron chi connectivity index (χ4n) is 2.76. The number of nitrogens with zero attached hydrogens (tertiary/aromatic N) is 3. The molecule has 1 saturated carbocycles. The molecule has 1 aliphatic rings. The molecule has 102 valence electrons. The number of rotatable bonds is 2. The Hall–Kier alpha value is -1.21. The molecule has 0 radical (unpaired) electrons. The Balaban J connectivity index is 2.04. The van der Waals surface area contributed by atoms with Crippen molar-refractivity contribution in [2.45, 2.75) is 24.7 Å². The molecule has 6 nitrogen and oxygen atoms in total. The fraction of sp³-hybridized carbons (Fsp3) is 0.500. The van der Waals surface area contributed by atoms with Gasteiger partial charge in [-0.3, -0.25) is 0 Å². The normalized spacial score (nSPS) is 31.2. The number of aliphatic hydroxyl groups is 3. The van der Waals surface area contributed by atoms with Crippen LogP contribution >= 0.6 is 11.6 Å². The minimum atomic E-state index is -0.929. The first kappa shape index (κ1) is 12.8. The lowest BCUT2D eigenvalue weighted by Crippen LogP contribution is -2.30. The highest BCUT2D eigenvalue weighted by Crippen LogP contribution is 2.37. The second-order valence-corrected chi connectivity index (χ2v) is 5.21. The van der Waals surface area contributed by atoms with Gasteiger partial charge in [0.25, 0.3) is 0 Å². The van der Waals surface area contributed by atoms with Crippen molar-refractivity contribution in [2.75, 3.05) is 6.61 Å². The van der Waals surface area contributed by atoms with Crippen LogP contribution in [0.5, 0.6) is 0 Å². The van der Waals surface area contributed by atoms with Gasteiger partial charge in [0.1, 0.15) is 23.2 Å². The SMILES string of the molecule is OC[C@H]1CC(n2ccc3c(Cl)ncnc32)[C@H](O)[C@@H]1O. The van der Waals surface area contributed by atoms with Gasteiger partial charge in [-0.25, -0.2) is 9.97 Å². The van der Waals surface area contributed by atoms with Crippen LogP contribution in [0, 0.1) is 5.92 Å². The first-order valence-electron chi connectivity index (χ1n) is 6.07. The van der Waals surface area contributed by atoms with E-state index >= 15 is 0 Å². The number of fused-ring (bicyclic) bond motifs is 1. The molecule has 1 unspecified atom stereocenters. The topological polar surface area (TPSA) is 91.4 Å². The predicted molar refractivity (Wildman–Crippen MR) is 68.8 cm³/mol. The Morgan fingerprint density at radius 3 is 2.79 bits per heavy atom. The van der Waals surface area contributed by atoms with Crippen molar-refractivity contribution in [1.29, 1.82) is 0 Å². The van der Waals surface area contributed by atoms with Crippen LogP contribution in [0.1, 0.15) is 12.5 Å². The average Bonchev–Trinajstić information content (AvgIpc) is 2.94. The van der Waals surface area contributed by atoms with Crippen molar-refractivity contribution >= 4 is 22.6 Å². The molecule has 0 saturated heterocycles. The summed E-state index contributed by atoms with van der Waals surface area (Å²) in [5.41, 5.74) is 0.620. The molecule has 7 heteroatoms. The Labute approximate surface area is 114 Å². The zero-order valence-electron chi connectivity index (χ0n) is 10.0. The molecule has 0 bridgehead atoms. The molecule has 3 rings (SSSR count). The summed E-state index contributed by atoms with van der Waals surface area (Å²) in [6.45, 7) is -0.149. The molecule has 19 heavy (non-hydrogen) atoms. The van der Waals surface area contributed by atoms with E-state index in [0.29, 0.717) is 22.6 Å². The third-order valence-electron chi connectivity index (χ3n) is 3.82. The second-order valence-electron chi connectivity index (χ2n) is 4.85. The highest BCUT2D eigenvalue weighted by molar-refractivity contribution is 6.33. The number of aliphatic hydroxyl groups excluding tert-OH is 3. The van der Waals surface area contributed by atoms with Crippen LogP contribution in [-0.4, -0.2) is 48.7 Å². The molecule has 0 aliphatic heterocycles. The van der Waals surface area contributed by atoms with Gasteiger partial charge in [-0.2, -0.15) is 0 Å². The fourth-order valence-corrected chi connectivity index (χ4v) is 2.95. The number of halogens is 1. The maximum Gasteiger partial charge on any atom is 0.145 e. The van der Waals surface area contributed by atoms with E-state index in [1.165, 1.54) is 6.33 Å². The molecule has 3 N–H and O–H groups in total. The van der Waals surface area contributed by atoms with Crippen LogP contribution in [0.25, 0.3) is 11.0 Å². The lowest BCUT2D eigenvalue weighted by Gasteiger charge is -2.18. The minimum Gasteiger partial charge on any atom is -0.396 e. The van der Waals surface area contributed by atoms with E-state index in [-0.39, 0.29) is 18.6 Å². The molecule has 2 aromatic rings. The van der Waals surface area contributed by atoms with Crippen molar-refractivity contribution in [3.05, 3.63) is 23.7 Å². The van der Waals surface area contributed by atoms with Gasteiger partial charge in [-0.1, -0.05) is 11.6 Å². The first-order valence-corrected chi connectivity index (χ1v) is 6.45. The molecular weight excluding hydrogens is 270 g/mol. The standard InChI is InChI=1S/C12H14ClN3O3/c13-11-7-1-2-16(12(7)15-5-14-11)8-3-6(4-17)9(18)10(8)19/h1-2,5-6,8-10,17-19H,3-4H2/t6-,8?,9-,10+/m1/s1. The van der Waals surface area contributed by atoms with E-state index in [1.807, 2.05) is 0 Å². The summed E-state index contributed by atoms with van der Waals surface area (Å²) in [5.74, 6) is -0.324. The second kappa shape index (κ2) is 4.72. The monoisotopic (exact) mass is 283 g/mol. The zero-order valence-corrected chi connectivity index (χ0v) is 10.8. The Kier molecular flexibility index (Phi) is 3.18. The van der Waals surface area contributed by atoms with Crippen molar-refractivity contribution < 1.29 is 15.3 Å². The van der Waals surface area contributed by atoms with Crippen molar-refractivity contribution in [1.82, 2.24) is 14.5 Å². The molecular formula is C12H14ClN3O3. The molecule has 1 aliphatic carbocycles. The van der Waals surface area contributed by atoms with E-state index < -0.39 is 12.2 Å². The van der Waals surface area contributed by atoms with Gasteiger partial charge in [0, 0.05) is 18.7 Å². The molecule has 2 heterocycles. The van der Waals surface area contributed by atoms with Gasteiger partial charge in [-0.15, -0.1) is 0 Å². The average molecular weight is 284 g/mol. The van der Waals surface area contributed by atoms with Crippen LogP contribution < -0.4 is 0 Å². The van der Waals surface area contributed by atoms with Crippen molar-refractivity contribution in [2.24, 2.45) is 5.92 Å². The van der Waals surface area contributed by atoms with Crippen molar-refractivity contribution in [3.63, 3.8) is 0 Å². The number of hydrogen-bond acceptors (Lipinski definition) is 5. The molecule has 2 aromatic heterocycles. The summed E-state index contributed by atoms with van der Waals surface area (Å²) < 4.78 is 1.78. The summed E-state index contributed by atoms with van der Waals surface area (Å²) >= 11 is 5.98. The number of aromatic nitrogens is 3. The van der Waals surface area contributed by atoms with E-state index in [0.717, 1.165) is 0 Å². The van der Waals surface area contributed by atoms with Crippen LogP contribution in [0.2, 0.25) is 5.15 Å². The minimum absolute atomic E-state index is 0.149. The third kappa shape index (κ3) is 1.92. The van der Waals surface area contributed by atoms with Gasteiger partial charge < -0.3 is 19.9 Å². The molecule has 0 aromatic carbocycles. The highest BCUT2D eigenvalue weighted by Gasteiger charge is 2.42. The lowest BCUT2D eigenvalue weighted by atomic mass is 10.1. The largest absolute Gasteiger partial charge is 0.396 e. The lowest BCUT2D eigenvalue weighted by molar-refractivity contribution is -0.00365. The summed E-state index contributed by atoms with van der Waals surface area (Å²) in [6.07, 6.45) is 1.77. The summed E-state index contributed by atoms with van der Waals surface area (Å²) in [6, 6.07) is 1.46. The van der Waals surface area contributed by atoms with Gasteiger partial charge in [0.2, 0.25) is 0 Å². The van der Waals surface area contributed by atoms with Crippen LogP contribution in [0.4, 0.5) is 0 Å². The number of hydrogen-bond donors (Lipinski definition) is 3. The maximum atomic E-state index is 10.1. The predicted octanol–water partition coefficient (Wildman–Crippen LogP) is 0.360. The van der Waals surface area contributed by atoms with E-state index in [1.54, 1.807) is 16.8 Å². The Bertz CT molecular complexity index is 603. The molecule has 1 fully saturated rings. The maximum absolute atomic E-state index is 10.1. The molecule has 4 atom stereocenters. The quantitative estimate of drug-likeness (QED) is 0.692. The summed E-state index contributed by atoms with van der Waals surface area (Å²) in [4.78, 5) is 8.07. The Morgan fingerprint density at radius 1 is 1.32 bits per heavy atom. The summed E-state index contributed by atoms with van der Waals surface area (Å²) in [5, 5.41) is 30.2. The van der Waals surface area contributed by atoms with E-state index in [2.05, 4.69) is 9.97 Å². The Morgan fingerprint density at radius 2 is 2.11 bits per heavy atom. The van der Waals surface area contributed by atoms with E-state index in [9.17, 15) is 15.3 Å². The van der Waals surface area contributed by atoms with Gasteiger partial charge in [-0.05, 0) is 12.5 Å². The van der Waals surface area contributed by atoms with Gasteiger partial charge in [0.15, 0.2) is 0 Å². The summed E-state index contributed by atoms with van der Waals surface area (Å²) in [7, 11) is 0. The van der Waals surface area contributed by atoms with Gasteiger partial charge in [0.05, 0.1) is 17.5 Å². The van der Waals surface area contributed by atoms with E-state index in [4.69, 9.17) is 11.6 Å². The smallest absolute Gasteiger partial charge is 0.145 e. The van der Waals surface area contributed by atoms with Crippen LogP contribution in [0.15, 0.2) is 18.6 Å². The zero-order chi connectivity index (χ0) is 13.6.